The van der Waals surface area contributed by atoms with Crippen LogP contribution in [0.3, 0.4) is 0 Å². The Morgan fingerprint density at radius 2 is 2.00 bits per heavy atom. The molecule has 0 saturated carbocycles. The smallest absolute Gasteiger partial charge is 0.136 e. The van der Waals surface area contributed by atoms with Crippen LogP contribution in [0.15, 0.2) is 34.2 Å². The van der Waals surface area contributed by atoms with Crippen molar-refractivity contribution in [3.05, 3.63) is 40.8 Å². The zero-order chi connectivity index (χ0) is 13.8. The van der Waals surface area contributed by atoms with Crippen molar-refractivity contribution in [1.82, 2.24) is 9.97 Å². The lowest BCUT2D eigenvalue weighted by molar-refractivity contribution is 0.405. The van der Waals surface area contributed by atoms with E-state index >= 15 is 0 Å². The van der Waals surface area contributed by atoms with Crippen molar-refractivity contribution in [3.8, 4) is 5.75 Å². The molecule has 0 N–H and O–H groups in total. The molecule has 5 heteroatoms. The van der Waals surface area contributed by atoms with E-state index < -0.39 is 0 Å². The monoisotopic (exact) mass is 294 g/mol. The number of nitrogens with zero attached hydrogens (tertiary/aromatic N) is 2. The molecule has 1 aromatic carbocycles. The first kappa shape index (κ1) is 14.2. The molecule has 0 radical (unpaired) electrons. The summed E-state index contributed by atoms with van der Waals surface area (Å²) in [6.07, 6.45) is 0.763. The van der Waals surface area contributed by atoms with Crippen LogP contribution in [0, 0.1) is 6.92 Å². The summed E-state index contributed by atoms with van der Waals surface area (Å²) in [6, 6.07) is 7.86. The summed E-state index contributed by atoms with van der Waals surface area (Å²) in [5.74, 6) is 1.59. The molecule has 19 heavy (non-hydrogen) atoms. The highest BCUT2D eigenvalue weighted by Crippen LogP contribution is 2.36. The Kier molecular flexibility index (Phi) is 4.66. The molecule has 0 fully saturated rings. The van der Waals surface area contributed by atoms with Crippen LogP contribution in [0.5, 0.6) is 5.75 Å². The van der Waals surface area contributed by atoms with E-state index in [9.17, 15) is 0 Å². The largest absolute Gasteiger partial charge is 0.496 e. The Bertz CT molecular complexity index is 590. The second kappa shape index (κ2) is 6.26. The Labute approximate surface area is 122 Å². The van der Waals surface area contributed by atoms with Crippen molar-refractivity contribution in [2.24, 2.45) is 0 Å². The number of hydrogen-bond acceptors (Lipinski definition) is 4. The molecular formula is C14H15ClN2OS. The highest BCUT2D eigenvalue weighted by molar-refractivity contribution is 7.99. The van der Waals surface area contributed by atoms with Crippen LogP contribution in [-0.2, 0) is 6.42 Å². The predicted octanol–water partition coefficient (Wildman–Crippen LogP) is 4.16. The number of aromatic nitrogens is 2. The summed E-state index contributed by atoms with van der Waals surface area (Å²) >= 11 is 7.69. The summed E-state index contributed by atoms with van der Waals surface area (Å²) in [5, 5.41) is 1.39. The minimum Gasteiger partial charge on any atom is -0.496 e. The van der Waals surface area contributed by atoms with Crippen molar-refractivity contribution in [1.29, 1.82) is 0 Å². The molecule has 0 amide bonds. The summed E-state index contributed by atoms with van der Waals surface area (Å²) in [7, 11) is 1.66. The van der Waals surface area contributed by atoms with Gasteiger partial charge in [0.1, 0.15) is 21.8 Å². The third kappa shape index (κ3) is 3.19. The number of methoxy groups -OCH3 is 1. The molecule has 0 bridgehead atoms. The standard InChI is InChI=1S/C14H15ClN2OS/c1-4-12-16-13(15)9(2)14(17-12)19-11-8-6-5-7-10(11)18-3/h5-8H,4H2,1-3H3. The van der Waals surface area contributed by atoms with Crippen LogP contribution in [-0.4, -0.2) is 17.1 Å². The molecule has 0 aliphatic rings. The van der Waals surface area contributed by atoms with Gasteiger partial charge in [0.15, 0.2) is 0 Å². The average molecular weight is 295 g/mol. The van der Waals surface area contributed by atoms with E-state index in [1.165, 1.54) is 0 Å². The van der Waals surface area contributed by atoms with Gasteiger partial charge in [-0.3, -0.25) is 0 Å². The van der Waals surface area contributed by atoms with Crippen molar-refractivity contribution in [2.75, 3.05) is 7.11 Å². The lowest BCUT2D eigenvalue weighted by Gasteiger charge is -2.10. The molecule has 1 aromatic heterocycles. The van der Waals surface area contributed by atoms with Gasteiger partial charge < -0.3 is 4.74 Å². The lowest BCUT2D eigenvalue weighted by Crippen LogP contribution is -1.98. The molecule has 2 aromatic rings. The molecule has 1 heterocycles. The summed E-state index contributed by atoms with van der Waals surface area (Å²) in [5.41, 5.74) is 0.898. The Hall–Kier alpha value is -1.26. The van der Waals surface area contributed by atoms with E-state index in [0.29, 0.717) is 5.15 Å². The second-order valence-corrected chi connectivity index (χ2v) is 5.36. The molecule has 100 valence electrons. The van der Waals surface area contributed by atoms with Gasteiger partial charge in [-0.15, -0.1) is 0 Å². The third-order valence-electron chi connectivity index (χ3n) is 2.68. The average Bonchev–Trinajstić information content (AvgIpc) is 2.44. The summed E-state index contributed by atoms with van der Waals surface area (Å²) < 4.78 is 5.35. The zero-order valence-corrected chi connectivity index (χ0v) is 12.7. The SMILES string of the molecule is CCc1nc(Cl)c(C)c(Sc2ccccc2OC)n1. The van der Waals surface area contributed by atoms with Gasteiger partial charge in [0, 0.05) is 12.0 Å². The second-order valence-electron chi connectivity index (χ2n) is 3.97. The van der Waals surface area contributed by atoms with Crippen LogP contribution in [0.4, 0.5) is 0 Å². The number of ether oxygens (including phenoxy) is 1. The van der Waals surface area contributed by atoms with Gasteiger partial charge >= 0.3 is 0 Å². The fourth-order valence-corrected chi connectivity index (χ4v) is 2.83. The Morgan fingerprint density at radius 1 is 1.26 bits per heavy atom. The van der Waals surface area contributed by atoms with Crippen molar-refractivity contribution in [2.45, 2.75) is 30.2 Å². The topological polar surface area (TPSA) is 35.0 Å². The first-order chi connectivity index (χ1) is 9.15. The van der Waals surface area contributed by atoms with Gasteiger partial charge in [-0.25, -0.2) is 9.97 Å². The predicted molar refractivity (Wildman–Crippen MR) is 78.3 cm³/mol. The number of rotatable bonds is 4. The van der Waals surface area contributed by atoms with E-state index in [-0.39, 0.29) is 0 Å². The number of para-hydroxylation sites is 1. The highest BCUT2D eigenvalue weighted by atomic mass is 35.5. The molecule has 0 aliphatic carbocycles. The fourth-order valence-electron chi connectivity index (χ4n) is 1.58. The van der Waals surface area contributed by atoms with Gasteiger partial charge in [-0.1, -0.05) is 42.4 Å². The quantitative estimate of drug-likeness (QED) is 0.793. The molecule has 0 spiro atoms. The Balaban J connectivity index is 2.40. The van der Waals surface area contributed by atoms with Gasteiger partial charge in [-0.2, -0.15) is 0 Å². The van der Waals surface area contributed by atoms with Crippen LogP contribution < -0.4 is 4.74 Å². The van der Waals surface area contributed by atoms with Gasteiger partial charge in [-0.05, 0) is 19.1 Å². The molecule has 2 rings (SSSR count). The first-order valence-corrected chi connectivity index (χ1v) is 7.19. The van der Waals surface area contributed by atoms with Gasteiger partial charge in [0.25, 0.3) is 0 Å². The van der Waals surface area contributed by atoms with E-state index in [1.807, 2.05) is 38.1 Å². The highest BCUT2D eigenvalue weighted by Gasteiger charge is 2.12. The van der Waals surface area contributed by atoms with Crippen molar-refractivity contribution < 1.29 is 4.74 Å². The normalized spacial score (nSPS) is 10.5. The number of benzene rings is 1. The molecular weight excluding hydrogens is 280 g/mol. The van der Waals surface area contributed by atoms with Gasteiger partial charge in [0.05, 0.1) is 12.0 Å². The maximum absolute atomic E-state index is 6.14. The van der Waals surface area contributed by atoms with Crippen molar-refractivity contribution >= 4 is 23.4 Å². The van der Waals surface area contributed by atoms with Crippen LogP contribution >= 0.6 is 23.4 Å². The third-order valence-corrected chi connectivity index (χ3v) is 4.20. The fraction of sp³-hybridized carbons (Fsp3) is 0.286. The van der Waals surface area contributed by atoms with Gasteiger partial charge in [0.2, 0.25) is 0 Å². The summed E-state index contributed by atoms with van der Waals surface area (Å²) in [6.45, 7) is 3.94. The van der Waals surface area contributed by atoms with Crippen molar-refractivity contribution in [3.63, 3.8) is 0 Å². The maximum atomic E-state index is 6.14. The minimum absolute atomic E-state index is 0.518. The molecule has 0 unspecified atom stereocenters. The molecule has 3 nitrogen and oxygen atoms in total. The molecule has 0 aliphatic heterocycles. The van der Waals surface area contributed by atoms with E-state index in [0.717, 1.165) is 33.5 Å². The number of hydrogen-bond donors (Lipinski definition) is 0. The molecule has 0 atom stereocenters. The Morgan fingerprint density at radius 3 is 2.68 bits per heavy atom. The maximum Gasteiger partial charge on any atom is 0.136 e. The van der Waals surface area contributed by atoms with E-state index in [4.69, 9.17) is 16.3 Å². The molecule has 0 saturated heterocycles. The zero-order valence-electron chi connectivity index (χ0n) is 11.1. The number of aryl methyl sites for hydroxylation is 1. The minimum atomic E-state index is 0.518. The first-order valence-electron chi connectivity index (χ1n) is 5.99. The number of halogens is 1. The van der Waals surface area contributed by atoms with Crippen LogP contribution in [0.25, 0.3) is 0 Å². The van der Waals surface area contributed by atoms with E-state index in [2.05, 4.69) is 9.97 Å². The van der Waals surface area contributed by atoms with Crippen LogP contribution in [0.2, 0.25) is 5.15 Å². The van der Waals surface area contributed by atoms with E-state index in [1.54, 1.807) is 18.9 Å². The summed E-state index contributed by atoms with van der Waals surface area (Å²) in [4.78, 5) is 9.80. The van der Waals surface area contributed by atoms with Crippen LogP contribution in [0.1, 0.15) is 18.3 Å². The lowest BCUT2D eigenvalue weighted by atomic mass is 10.3.